The Balaban J connectivity index is 0.00000133. The Morgan fingerprint density at radius 1 is 1.58 bits per heavy atom. The van der Waals surface area contributed by atoms with E-state index in [0.29, 0.717) is 6.04 Å². The summed E-state index contributed by atoms with van der Waals surface area (Å²) >= 11 is 1.65. The predicted molar refractivity (Wildman–Crippen MR) is 79.8 cm³/mol. The molecule has 0 radical (unpaired) electrons. The van der Waals surface area contributed by atoms with Crippen LogP contribution in [0.5, 0.6) is 0 Å². The fourth-order valence-electron chi connectivity index (χ4n) is 2.22. The van der Waals surface area contributed by atoms with Gasteiger partial charge in [0.15, 0.2) is 10.8 Å². The fourth-order valence-corrected chi connectivity index (χ4v) is 3.00. The fraction of sp³-hybridized carbons (Fsp3) is 0.462. The van der Waals surface area contributed by atoms with Crippen molar-refractivity contribution >= 4 is 23.7 Å². The van der Waals surface area contributed by atoms with Crippen molar-refractivity contribution in [3.63, 3.8) is 0 Å². The van der Waals surface area contributed by atoms with Gasteiger partial charge in [0.05, 0.1) is 12.0 Å². The molecule has 1 saturated heterocycles. The summed E-state index contributed by atoms with van der Waals surface area (Å²) in [6.45, 7) is 6.41. The molecule has 0 aliphatic carbocycles. The quantitative estimate of drug-likeness (QED) is 0.946. The first-order valence-electron chi connectivity index (χ1n) is 6.26. The molecule has 3 heterocycles. The van der Waals surface area contributed by atoms with Gasteiger partial charge < -0.3 is 9.73 Å². The molecule has 0 aromatic carbocycles. The molecule has 0 saturated carbocycles. The van der Waals surface area contributed by atoms with Crippen molar-refractivity contribution in [1.82, 2.24) is 15.2 Å². The molecule has 1 aliphatic rings. The monoisotopic (exact) mass is 299 g/mol. The van der Waals surface area contributed by atoms with Crippen LogP contribution in [-0.2, 0) is 6.54 Å². The average molecular weight is 300 g/mol. The van der Waals surface area contributed by atoms with Gasteiger partial charge in [0, 0.05) is 37.6 Å². The minimum atomic E-state index is 0. The summed E-state index contributed by atoms with van der Waals surface area (Å²) in [5.41, 5.74) is 1.14. The second-order valence-corrected chi connectivity index (χ2v) is 5.50. The van der Waals surface area contributed by atoms with Gasteiger partial charge in [0.1, 0.15) is 0 Å². The molecular weight excluding hydrogens is 282 g/mol. The number of thiazole rings is 1. The van der Waals surface area contributed by atoms with Crippen LogP contribution in [0.2, 0.25) is 0 Å². The number of rotatable bonds is 3. The van der Waals surface area contributed by atoms with E-state index in [2.05, 4.69) is 27.5 Å². The van der Waals surface area contributed by atoms with Gasteiger partial charge in [-0.2, -0.15) is 0 Å². The summed E-state index contributed by atoms with van der Waals surface area (Å²) in [5.74, 6) is 0.861. The number of nitrogens with one attached hydrogen (secondary N) is 1. The second kappa shape index (κ2) is 6.52. The molecule has 2 aromatic heterocycles. The van der Waals surface area contributed by atoms with E-state index in [1.165, 1.54) is 0 Å². The molecule has 0 bridgehead atoms. The number of hydrogen-bond donors (Lipinski definition) is 1. The molecule has 1 aliphatic heterocycles. The van der Waals surface area contributed by atoms with E-state index < -0.39 is 0 Å². The SMILES string of the molecule is C[C@H]1CNCCN1Cc1csc(-c2ccco2)n1.Cl. The Kier molecular flexibility index (Phi) is 4.99. The van der Waals surface area contributed by atoms with Crippen LogP contribution in [0, 0.1) is 0 Å². The highest BCUT2D eigenvalue weighted by atomic mass is 35.5. The minimum absolute atomic E-state index is 0. The lowest BCUT2D eigenvalue weighted by Gasteiger charge is -2.33. The Labute approximate surface area is 123 Å². The summed E-state index contributed by atoms with van der Waals surface area (Å²) in [4.78, 5) is 7.11. The number of nitrogens with zero attached hydrogens (tertiary/aromatic N) is 2. The van der Waals surface area contributed by atoms with E-state index in [9.17, 15) is 0 Å². The number of halogens is 1. The zero-order chi connectivity index (χ0) is 12.4. The molecule has 1 fully saturated rings. The van der Waals surface area contributed by atoms with Gasteiger partial charge in [-0.15, -0.1) is 23.7 Å². The van der Waals surface area contributed by atoms with Crippen molar-refractivity contribution in [2.24, 2.45) is 0 Å². The lowest BCUT2D eigenvalue weighted by molar-refractivity contribution is 0.164. The van der Waals surface area contributed by atoms with Crippen molar-refractivity contribution in [2.75, 3.05) is 19.6 Å². The molecule has 0 unspecified atom stereocenters. The third-order valence-corrected chi connectivity index (χ3v) is 4.19. The van der Waals surface area contributed by atoms with Crippen LogP contribution in [0.15, 0.2) is 28.2 Å². The topological polar surface area (TPSA) is 41.3 Å². The van der Waals surface area contributed by atoms with Gasteiger partial charge in [-0.1, -0.05) is 0 Å². The first-order valence-corrected chi connectivity index (χ1v) is 7.14. The Morgan fingerprint density at radius 2 is 2.47 bits per heavy atom. The van der Waals surface area contributed by atoms with E-state index in [0.717, 1.165) is 42.6 Å². The number of furan rings is 1. The van der Waals surface area contributed by atoms with E-state index in [1.54, 1.807) is 17.6 Å². The van der Waals surface area contributed by atoms with Crippen LogP contribution in [0.1, 0.15) is 12.6 Å². The van der Waals surface area contributed by atoms with Gasteiger partial charge in [0.2, 0.25) is 0 Å². The summed E-state index contributed by atoms with van der Waals surface area (Å²) in [5, 5.41) is 6.51. The van der Waals surface area contributed by atoms with Gasteiger partial charge in [-0.05, 0) is 19.1 Å². The summed E-state index contributed by atoms with van der Waals surface area (Å²) in [6, 6.07) is 4.43. The predicted octanol–water partition coefficient (Wildman–Crippen LogP) is 2.62. The van der Waals surface area contributed by atoms with Crippen LogP contribution in [-0.4, -0.2) is 35.6 Å². The Bertz CT molecular complexity index is 500. The summed E-state index contributed by atoms with van der Waals surface area (Å²) in [6.07, 6.45) is 1.69. The lowest BCUT2D eigenvalue weighted by Crippen LogP contribution is -2.49. The van der Waals surface area contributed by atoms with Crippen molar-refractivity contribution in [2.45, 2.75) is 19.5 Å². The van der Waals surface area contributed by atoms with Crippen LogP contribution in [0.25, 0.3) is 10.8 Å². The maximum Gasteiger partial charge on any atom is 0.162 e. The molecule has 1 N–H and O–H groups in total. The zero-order valence-corrected chi connectivity index (χ0v) is 12.5. The van der Waals surface area contributed by atoms with E-state index in [4.69, 9.17) is 4.42 Å². The second-order valence-electron chi connectivity index (χ2n) is 4.64. The molecular formula is C13H18ClN3OS. The normalized spacial score (nSPS) is 20.2. The maximum atomic E-state index is 5.37. The Morgan fingerprint density at radius 3 is 3.21 bits per heavy atom. The van der Waals surface area contributed by atoms with Crippen molar-refractivity contribution in [3.8, 4) is 10.8 Å². The molecule has 0 amide bonds. The van der Waals surface area contributed by atoms with Crippen LogP contribution in [0.3, 0.4) is 0 Å². The third kappa shape index (κ3) is 3.36. The van der Waals surface area contributed by atoms with Gasteiger partial charge in [-0.3, -0.25) is 4.90 Å². The van der Waals surface area contributed by atoms with Crippen LogP contribution < -0.4 is 5.32 Å². The number of piperazine rings is 1. The van der Waals surface area contributed by atoms with Gasteiger partial charge >= 0.3 is 0 Å². The largest absolute Gasteiger partial charge is 0.462 e. The maximum absolute atomic E-state index is 5.37. The first kappa shape index (κ1) is 14.5. The van der Waals surface area contributed by atoms with E-state index >= 15 is 0 Å². The first-order chi connectivity index (χ1) is 8.83. The molecule has 19 heavy (non-hydrogen) atoms. The molecule has 6 heteroatoms. The van der Waals surface area contributed by atoms with E-state index in [-0.39, 0.29) is 12.4 Å². The smallest absolute Gasteiger partial charge is 0.162 e. The highest BCUT2D eigenvalue weighted by molar-refractivity contribution is 7.13. The van der Waals surface area contributed by atoms with Gasteiger partial charge in [0.25, 0.3) is 0 Å². The summed E-state index contributed by atoms with van der Waals surface area (Å²) < 4.78 is 5.37. The van der Waals surface area contributed by atoms with Crippen molar-refractivity contribution in [1.29, 1.82) is 0 Å². The van der Waals surface area contributed by atoms with Crippen molar-refractivity contribution in [3.05, 3.63) is 29.5 Å². The highest BCUT2D eigenvalue weighted by Gasteiger charge is 2.19. The van der Waals surface area contributed by atoms with Crippen LogP contribution >= 0.6 is 23.7 Å². The standard InChI is InChI=1S/C13H17N3OS.ClH/c1-10-7-14-4-5-16(10)8-11-9-18-13(15-11)12-3-2-6-17-12;/h2-3,6,9-10,14H,4-5,7-8H2,1H3;1H/t10-;/m0./s1. The molecule has 104 valence electrons. The lowest BCUT2D eigenvalue weighted by atomic mass is 10.2. The average Bonchev–Trinajstić information content (AvgIpc) is 3.02. The molecule has 3 rings (SSSR count). The highest BCUT2D eigenvalue weighted by Crippen LogP contribution is 2.24. The number of hydrogen-bond acceptors (Lipinski definition) is 5. The summed E-state index contributed by atoms with van der Waals surface area (Å²) in [7, 11) is 0. The molecule has 2 aromatic rings. The molecule has 4 nitrogen and oxygen atoms in total. The van der Waals surface area contributed by atoms with Crippen molar-refractivity contribution < 1.29 is 4.42 Å². The van der Waals surface area contributed by atoms with E-state index in [1.807, 2.05) is 12.1 Å². The number of aromatic nitrogens is 1. The van der Waals surface area contributed by atoms with Gasteiger partial charge in [-0.25, -0.2) is 4.98 Å². The zero-order valence-electron chi connectivity index (χ0n) is 10.8. The Hall–Kier alpha value is -0.880. The molecule has 0 spiro atoms. The third-order valence-electron chi connectivity index (χ3n) is 3.29. The molecule has 1 atom stereocenters. The minimum Gasteiger partial charge on any atom is -0.462 e. The van der Waals surface area contributed by atoms with Crippen LogP contribution in [0.4, 0.5) is 0 Å².